The number of methoxy groups -OCH3 is 1. The van der Waals surface area contributed by atoms with Crippen molar-refractivity contribution in [1.29, 1.82) is 0 Å². The lowest BCUT2D eigenvalue weighted by Crippen LogP contribution is -2.44. The number of fused-ring (bicyclic) bond motifs is 1. The number of ether oxygens (including phenoxy) is 2. The Balaban J connectivity index is 1.97. The number of hydrogen-bond donors (Lipinski definition) is 1. The molecule has 0 fully saturated rings. The summed E-state index contributed by atoms with van der Waals surface area (Å²) in [5.41, 5.74) is 2.27. The van der Waals surface area contributed by atoms with Crippen molar-refractivity contribution in [1.82, 2.24) is 5.32 Å². The molecule has 3 rings (SSSR count). The summed E-state index contributed by atoms with van der Waals surface area (Å²) in [7, 11) is 1.57. The third-order valence-corrected chi connectivity index (χ3v) is 5.14. The average molecular weight is 443 g/mol. The Morgan fingerprint density at radius 3 is 2.55 bits per heavy atom. The van der Waals surface area contributed by atoms with Crippen LogP contribution in [0.3, 0.4) is 0 Å². The molecule has 164 valence electrons. The molecule has 0 saturated heterocycles. The topological polar surface area (TPSA) is 67.9 Å². The molecule has 0 atom stereocenters. The quantitative estimate of drug-likeness (QED) is 0.538. The molecule has 0 unspecified atom stereocenters. The van der Waals surface area contributed by atoms with Gasteiger partial charge in [0, 0.05) is 18.7 Å². The van der Waals surface area contributed by atoms with E-state index in [2.05, 4.69) is 26.1 Å². The maximum atomic E-state index is 13.3. The van der Waals surface area contributed by atoms with Gasteiger partial charge >= 0.3 is 0 Å². The normalized spacial score (nSPS) is 14.9. The largest absolute Gasteiger partial charge is 0.449 e. The van der Waals surface area contributed by atoms with E-state index in [1.165, 1.54) is 4.90 Å². The first kappa shape index (κ1) is 22.8. The predicted octanol–water partition coefficient (Wildman–Crippen LogP) is 4.17. The number of amides is 2. The molecule has 2 aromatic carbocycles. The van der Waals surface area contributed by atoms with Crippen molar-refractivity contribution in [3.63, 3.8) is 0 Å². The summed E-state index contributed by atoms with van der Waals surface area (Å²) in [6.07, 6.45) is 1.65. The number of carbonyl (C=O) groups is 2. The zero-order valence-electron chi connectivity index (χ0n) is 18.2. The molecule has 0 aromatic heterocycles. The fraction of sp³-hybridized carbons (Fsp3) is 0.333. The summed E-state index contributed by atoms with van der Waals surface area (Å²) >= 11 is 5.95. The van der Waals surface area contributed by atoms with E-state index in [1.807, 2.05) is 18.2 Å². The van der Waals surface area contributed by atoms with Gasteiger partial charge in [0.15, 0.2) is 11.5 Å². The van der Waals surface area contributed by atoms with E-state index < -0.39 is 0 Å². The molecule has 6 nitrogen and oxygen atoms in total. The van der Waals surface area contributed by atoms with Crippen LogP contribution in [0.15, 0.2) is 48.2 Å². The summed E-state index contributed by atoms with van der Waals surface area (Å²) in [5.74, 6) is 0.0150. The predicted molar refractivity (Wildman–Crippen MR) is 122 cm³/mol. The van der Waals surface area contributed by atoms with Crippen molar-refractivity contribution in [2.45, 2.75) is 26.2 Å². The van der Waals surface area contributed by atoms with Crippen molar-refractivity contribution >= 4 is 35.2 Å². The Labute approximate surface area is 187 Å². The second kappa shape index (κ2) is 9.54. The lowest BCUT2D eigenvalue weighted by Gasteiger charge is -2.32. The molecule has 7 heteroatoms. The molecule has 0 radical (unpaired) electrons. The molecule has 2 amide bonds. The average Bonchev–Trinajstić information content (AvgIpc) is 2.72. The molecule has 0 saturated carbocycles. The van der Waals surface area contributed by atoms with Crippen molar-refractivity contribution in [2.75, 3.05) is 31.7 Å². The van der Waals surface area contributed by atoms with E-state index in [1.54, 1.807) is 37.5 Å². The van der Waals surface area contributed by atoms with Crippen LogP contribution in [-0.2, 0) is 19.7 Å². The zero-order chi connectivity index (χ0) is 22.6. The minimum atomic E-state index is -0.379. The second-order valence-corrected chi connectivity index (χ2v) is 8.77. The van der Waals surface area contributed by atoms with E-state index in [0.29, 0.717) is 29.6 Å². The van der Waals surface area contributed by atoms with E-state index in [0.717, 1.165) is 11.1 Å². The first-order valence-corrected chi connectivity index (χ1v) is 10.4. The highest BCUT2D eigenvalue weighted by molar-refractivity contribution is 6.30. The number of anilines is 1. The summed E-state index contributed by atoms with van der Waals surface area (Å²) in [6.45, 7) is 6.92. The number of hydrogen-bond acceptors (Lipinski definition) is 4. The van der Waals surface area contributed by atoms with Gasteiger partial charge in [-0.15, -0.1) is 0 Å². The van der Waals surface area contributed by atoms with E-state index in [-0.39, 0.29) is 29.5 Å². The lowest BCUT2D eigenvalue weighted by atomic mass is 9.86. The van der Waals surface area contributed by atoms with Gasteiger partial charge in [-0.1, -0.05) is 50.6 Å². The lowest BCUT2D eigenvalue weighted by molar-refractivity contribution is -0.123. The van der Waals surface area contributed by atoms with Crippen LogP contribution < -0.4 is 15.0 Å². The Morgan fingerprint density at radius 1 is 1.19 bits per heavy atom. The number of halogens is 1. The van der Waals surface area contributed by atoms with Crippen LogP contribution in [-0.4, -0.2) is 38.6 Å². The van der Waals surface area contributed by atoms with Crippen LogP contribution in [0.2, 0.25) is 5.02 Å². The monoisotopic (exact) mass is 442 g/mol. The van der Waals surface area contributed by atoms with Crippen molar-refractivity contribution in [3.05, 3.63) is 64.4 Å². The van der Waals surface area contributed by atoms with Crippen LogP contribution >= 0.6 is 11.6 Å². The van der Waals surface area contributed by atoms with Gasteiger partial charge in [-0.05, 0) is 46.9 Å². The summed E-state index contributed by atoms with van der Waals surface area (Å²) < 4.78 is 10.9. The molecule has 1 N–H and O–H groups in total. The fourth-order valence-electron chi connectivity index (χ4n) is 3.14. The molecular formula is C24H27ClN2O4. The number of carbonyl (C=O) groups excluding carboxylic acids is 2. The van der Waals surface area contributed by atoms with Crippen molar-refractivity contribution < 1.29 is 19.1 Å². The fourth-order valence-corrected chi connectivity index (χ4v) is 3.26. The second-order valence-electron chi connectivity index (χ2n) is 8.33. The Kier molecular flexibility index (Phi) is 7.03. The van der Waals surface area contributed by atoms with Gasteiger partial charge in [0.1, 0.15) is 6.54 Å². The van der Waals surface area contributed by atoms with E-state index in [9.17, 15) is 9.59 Å². The molecule has 1 aliphatic rings. The van der Waals surface area contributed by atoms with Gasteiger partial charge < -0.3 is 14.8 Å². The van der Waals surface area contributed by atoms with E-state index in [4.69, 9.17) is 21.1 Å². The van der Waals surface area contributed by atoms with Crippen LogP contribution in [0.25, 0.3) is 6.08 Å². The Morgan fingerprint density at radius 2 is 1.90 bits per heavy atom. The molecule has 0 aliphatic carbocycles. The molecule has 0 bridgehead atoms. The first-order chi connectivity index (χ1) is 14.7. The van der Waals surface area contributed by atoms with Crippen LogP contribution in [0.5, 0.6) is 5.75 Å². The molecule has 31 heavy (non-hydrogen) atoms. The minimum absolute atomic E-state index is 0.121. The molecule has 2 aromatic rings. The Hall–Kier alpha value is -2.83. The molecule has 1 heterocycles. The maximum absolute atomic E-state index is 13.3. The smallest absolute Gasteiger partial charge is 0.294 e. The van der Waals surface area contributed by atoms with Gasteiger partial charge in [0.05, 0.1) is 12.3 Å². The van der Waals surface area contributed by atoms with Gasteiger partial charge in [0.2, 0.25) is 5.91 Å². The SMILES string of the molecule is COCCNC(=O)CN1C(=O)C(=Cc2ccc(Cl)cc2)Oc2ccc(C(C)(C)C)cc21. The van der Waals surface area contributed by atoms with Gasteiger partial charge in [0.25, 0.3) is 5.91 Å². The molecule has 1 aliphatic heterocycles. The van der Waals surface area contributed by atoms with E-state index >= 15 is 0 Å². The molecule has 0 spiro atoms. The summed E-state index contributed by atoms with van der Waals surface area (Å²) in [6, 6.07) is 12.8. The number of benzene rings is 2. The third-order valence-electron chi connectivity index (χ3n) is 4.89. The van der Waals surface area contributed by atoms with Crippen molar-refractivity contribution in [3.8, 4) is 5.75 Å². The highest BCUT2D eigenvalue weighted by Crippen LogP contribution is 2.39. The Bertz CT molecular complexity index is 994. The van der Waals surface area contributed by atoms with Gasteiger partial charge in [-0.2, -0.15) is 0 Å². The standard InChI is InChI=1S/C24H27ClN2O4/c1-24(2,3)17-7-10-20-19(14-17)27(15-22(28)26-11-12-30-4)23(29)21(31-20)13-16-5-8-18(25)9-6-16/h5-10,13-14H,11-12,15H2,1-4H3,(H,26,28). The third kappa shape index (κ3) is 5.66. The highest BCUT2D eigenvalue weighted by atomic mass is 35.5. The van der Waals surface area contributed by atoms with Gasteiger partial charge in [-0.3, -0.25) is 14.5 Å². The summed E-state index contributed by atoms with van der Waals surface area (Å²) in [5, 5.41) is 3.37. The van der Waals surface area contributed by atoms with Crippen molar-refractivity contribution in [2.24, 2.45) is 0 Å². The number of nitrogens with one attached hydrogen (secondary N) is 1. The zero-order valence-corrected chi connectivity index (χ0v) is 19.0. The highest BCUT2D eigenvalue weighted by Gasteiger charge is 2.33. The minimum Gasteiger partial charge on any atom is -0.449 e. The van der Waals surface area contributed by atoms with Crippen LogP contribution in [0.1, 0.15) is 31.9 Å². The molecular weight excluding hydrogens is 416 g/mol. The first-order valence-electron chi connectivity index (χ1n) is 10.1. The number of rotatable bonds is 6. The maximum Gasteiger partial charge on any atom is 0.294 e. The van der Waals surface area contributed by atoms with Gasteiger partial charge in [-0.25, -0.2) is 0 Å². The van der Waals surface area contributed by atoms with Crippen LogP contribution in [0, 0.1) is 0 Å². The number of nitrogens with zero attached hydrogens (tertiary/aromatic N) is 1. The summed E-state index contributed by atoms with van der Waals surface area (Å²) in [4.78, 5) is 27.2. The van der Waals surface area contributed by atoms with Crippen LogP contribution in [0.4, 0.5) is 5.69 Å².